The maximum Gasteiger partial charge on any atom is 0.301 e. The molecule has 2 atom stereocenters. The van der Waals surface area contributed by atoms with Crippen LogP contribution >= 0.6 is 0 Å². The van der Waals surface area contributed by atoms with Crippen molar-refractivity contribution in [3.05, 3.63) is 54.4 Å². The van der Waals surface area contributed by atoms with Crippen molar-refractivity contribution in [2.75, 3.05) is 56.2 Å². The summed E-state index contributed by atoms with van der Waals surface area (Å²) in [4.78, 5) is 31.6. The summed E-state index contributed by atoms with van der Waals surface area (Å²) >= 11 is 0. The first-order valence-electron chi connectivity index (χ1n) is 15.9. The van der Waals surface area contributed by atoms with Crippen molar-refractivity contribution in [1.29, 1.82) is 5.26 Å². The second kappa shape index (κ2) is 13.2. The quantitative estimate of drug-likeness (QED) is 0.383. The van der Waals surface area contributed by atoms with Gasteiger partial charge in [-0.1, -0.05) is 0 Å². The van der Waals surface area contributed by atoms with Crippen molar-refractivity contribution in [3.8, 4) is 23.2 Å². The summed E-state index contributed by atoms with van der Waals surface area (Å²) in [5.74, 6) is -3.28. The molecule has 13 nitrogen and oxygen atoms in total. The normalized spacial score (nSPS) is 22.5. The van der Waals surface area contributed by atoms with Gasteiger partial charge in [0.05, 0.1) is 31.4 Å². The van der Waals surface area contributed by atoms with E-state index in [0.717, 1.165) is 49.1 Å². The average molecular weight is 657 g/mol. The molecule has 2 aromatic carbocycles. The first-order chi connectivity index (χ1) is 23.3. The van der Waals surface area contributed by atoms with Gasteiger partial charge in [-0.3, -0.25) is 9.69 Å². The lowest BCUT2D eigenvalue weighted by Gasteiger charge is -2.46. The Labute approximate surface area is 275 Å². The molecule has 7 rings (SSSR count). The number of hydrogen-bond acceptors (Lipinski definition) is 12. The van der Waals surface area contributed by atoms with Crippen LogP contribution in [0.25, 0.3) is 11.4 Å². The van der Waals surface area contributed by atoms with Crippen molar-refractivity contribution < 1.29 is 23.0 Å². The lowest BCUT2D eigenvalue weighted by atomic mass is 10.0. The van der Waals surface area contributed by atoms with Crippen LogP contribution in [-0.2, 0) is 9.53 Å². The summed E-state index contributed by atoms with van der Waals surface area (Å²) in [5.41, 5.74) is 2.63. The minimum absolute atomic E-state index is 0.0135. The number of halogens is 2. The summed E-state index contributed by atoms with van der Waals surface area (Å²) in [6.07, 6.45) is 1.41. The Morgan fingerprint density at radius 3 is 2.65 bits per heavy atom. The summed E-state index contributed by atoms with van der Waals surface area (Å²) < 4.78 is 41.3. The predicted octanol–water partition coefficient (Wildman–Crippen LogP) is 3.51. The first-order valence-corrected chi connectivity index (χ1v) is 15.9. The zero-order valence-corrected chi connectivity index (χ0v) is 26.3. The van der Waals surface area contributed by atoms with Crippen LogP contribution < -0.4 is 15.0 Å². The van der Waals surface area contributed by atoms with Crippen molar-refractivity contribution in [2.24, 2.45) is 10.2 Å². The van der Waals surface area contributed by atoms with E-state index in [2.05, 4.69) is 59.3 Å². The molecule has 4 aliphatic heterocycles. The number of nitrogens with one attached hydrogen (secondary N) is 1. The van der Waals surface area contributed by atoms with Crippen LogP contribution in [0.3, 0.4) is 0 Å². The summed E-state index contributed by atoms with van der Waals surface area (Å²) in [6.45, 7) is 6.10. The lowest BCUT2D eigenvalue weighted by molar-refractivity contribution is -0.155. The van der Waals surface area contributed by atoms with Crippen LogP contribution in [0.5, 0.6) is 5.75 Å². The highest BCUT2D eigenvalue weighted by Crippen LogP contribution is 2.34. The van der Waals surface area contributed by atoms with Crippen LogP contribution in [0.1, 0.15) is 25.3 Å². The third kappa shape index (κ3) is 6.54. The zero-order chi connectivity index (χ0) is 33.3. The molecule has 0 radical (unpaired) electrons. The van der Waals surface area contributed by atoms with Gasteiger partial charge in [-0.15, -0.1) is 5.10 Å². The summed E-state index contributed by atoms with van der Waals surface area (Å²) in [5, 5.41) is 20.4. The number of ether oxygens (including phenoxy) is 2. The van der Waals surface area contributed by atoms with E-state index in [1.807, 2.05) is 18.2 Å². The number of rotatable bonds is 8. The fourth-order valence-corrected chi connectivity index (χ4v) is 6.34. The largest absolute Gasteiger partial charge is 0.483 e. The number of piperidine rings is 1. The van der Waals surface area contributed by atoms with Crippen LogP contribution in [-0.4, -0.2) is 113 Å². The maximum absolute atomic E-state index is 15.1. The molecule has 1 amide bonds. The number of likely N-dealkylation sites (tertiary alicyclic amines) is 1. The predicted molar refractivity (Wildman–Crippen MR) is 174 cm³/mol. The molecule has 3 aromatic rings. The Bertz CT molecular complexity index is 1780. The molecular weight excluding hydrogens is 622 g/mol. The molecule has 0 bridgehead atoms. The van der Waals surface area contributed by atoms with E-state index in [-0.39, 0.29) is 36.4 Å². The number of aromatic nitrogens is 3. The Balaban J connectivity index is 0.986. The summed E-state index contributed by atoms with van der Waals surface area (Å²) in [6, 6.07) is 15.6. The molecule has 1 N–H and O–H groups in total. The van der Waals surface area contributed by atoms with E-state index in [9.17, 15) is 10.1 Å². The minimum atomic E-state index is -3.34. The summed E-state index contributed by atoms with van der Waals surface area (Å²) in [7, 11) is 0. The van der Waals surface area contributed by atoms with Crippen molar-refractivity contribution in [3.63, 3.8) is 0 Å². The van der Waals surface area contributed by atoms with Crippen molar-refractivity contribution in [1.82, 2.24) is 24.8 Å². The van der Waals surface area contributed by atoms with Gasteiger partial charge in [-0.2, -0.15) is 15.3 Å². The van der Waals surface area contributed by atoms with E-state index >= 15 is 8.78 Å². The number of anilines is 3. The Hall–Kier alpha value is -5.07. The molecule has 0 unspecified atom stereocenters. The van der Waals surface area contributed by atoms with Crippen LogP contribution in [0.2, 0.25) is 0 Å². The van der Waals surface area contributed by atoms with Gasteiger partial charge < -0.3 is 24.6 Å². The highest BCUT2D eigenvalue weighted by molar-refractivity contribution is 6.41. The number of alkyl halides is 2. The SMILES string of the molecule is C[C@H]1CN(C2COC2)CCN1c1ccc(Nc2ncnc(-c3ccc(O[C@H]4CCN(C(=O)C5=NN=CC5)CC4(F)F)c(C#N)c3)n2)cc1. The van der Waals surface area contributed by atoms with Crippen molar-refractivity contribution in [2.45, 2.75) is 43.9 Å². The number of amides is 1. The minimum Gasteiger partial charge on any atom is -0.483 e. The number of hydrogen-bond donors (Lipinski definition) is 1. The highest BCUT2D eigenvalue weighted by atomic mass is 19.3. The monoisotopic (exact) mass is 656 g/mol. The molecular formula is C33H34F2N10O3. The second-order valence-corrected chi connectivity index (χ2v) is 12.3. The first kappa shape index (κ1) is 31.5. The second-order valence-electron chi connectivity index (χ2n) is 12.3. The number of benzene rings is 2. The third-order valence-corrected chi connectivity index (χ3v) is 9.06. The fraction of sp³-hybridized carbons (Fsp3) is 0.424. The van der Waals surface area contributed by atoms with Gasteiger partial charge in [-0.05, 0) is 49.4 Å². The van der Waals surface area contributed by atoms with E-state index < -0.39 is 24.5 Å². The maximum atomic E-state index is 15.1. The van der Waals surface area contributed by atoms with Gasteiger partial charge in [0.2, 0.25) is 5.95 Å². The number of piperazine rings is 1. The van der Waals surface area contributed by atoms with E-state index in [4.69, 9.17) is 9.47 Å². The number of nitriles is 1. The topological polar surface area (TPSA) is 144 Å². The Morgan fingerprint density at radius 1 is 1.12 bits per heavy atom. The Kier molecular flexibility index (Phi) is 8.67. The van der Waals surface area contributed by atoms with Crippen LogP contribution in [0, 0.1) is 11.3 Å². The number of nitrogens with zero attached hydrogens (tertiary/aromatic N) is 9. The van der Waals surface area contributed by atoms with Gasteiger partial charge in [0.15, 0.2) is 11.9 Å². The fourth-order valence-electron chi connectivity index (χ4n) is 6.34. The Morgan fingerprint density at radius 2 is 1.96 bits per heavy atom. The molecule has 5 heterocycles. The number of carbonyl (C=O) groups excluding carboxylic acids is 1. The van der Waals surface area contributed by atoms with Crippen LogP contribution in [0.15, 0.2) is 59.0 Å². The molecule has 0 aliphatic carbocycles. The smallest absolute Gasteiger partial charge is 0.301 e. The molecule has 0 spiro atoms. The van der Waals surface area contributed by atoms with Gasteiger partial charge in [0.25, 0.3) is 5.91 Å². The lowest BCUT2D eigenvalue weighted by Crippen LogP contribution is -2.59. The van der Waals surface area contributed by atoms with Crippen molar-refractivity contribution >= 4 is 35.2 Å². The van der Waals surface area contributed by atoms with Gasteiger partial charge in [0.1, 0.15) is 23.9 Å². The molecule has 1 aromatic heterocycles. The standard InChI is InChI=1S/C33H34F2N10O3/c1-21-16-43(26-17-47-18-26)12-13-45(21)25-5-3-24(4-6-25)40-32-38-20-37-30(41-32)22-2-7-28(23(14-22)15-36)48-29-9-11-44(19-33(29,34)35)31(46)27-8-10-39-42-27/h2-7,10,14,20-21,26,29H,8-9,11-13,16-19H2,1H3,(H,37,38,40,41)/t21-,29-/m0/s1. The molecule has 4 aliphatic rings. The third-order valence-electron chi connectivity index (χ3n) is 9.06. The molecule has 248 valence electrons. The van der Waals surface area contributed by atoms with E-state index in [1.54, 1.807) is 6.07 Å². The number of carbonyl (C=O) groups is 1. The highest BCUT2D eigenvalue weighted by Gasteiger charge is 2.48. The molecule has 3 saturated heterocycles. The average Bonchev–Trinajstić information content (AvgIpc) is 3.61. The molecule has 15 heteroatoms. The van der Waals surface area contributed by atoms with Crippen LogP contribution in [0.4, 0.5) is 26.1 Å². The zero-order valence-electron chi connectivity index (χ0n) is 26.3. The van der Waals surface area contributed by atoms with E-state index in [0.29, 0.717) is 29.4 Å². The van der Waals surface area contributed by atoms with E-state index in [1.165, 1.54) is 24.7 Å². The molecule has 48 heavy (non-hydrogen) atoms. The molecule has 3 fully saturated rings. The van der Waals surface area contributed by atoms with Gasteiger partial charge in [0, 0.05) is 68.2 Å². The molecule has 0 saturated carbocycles. The van der Waals surface area contributed by atoms with Gasteiger partial charge in [-0.25, -0.2) is 18.7 Å². The van der Waals surface area contributed by atoms with Gasteiger partial charge >= 0.3 is 5.92 Å².